The third-order valence-corrected chi connectivity index (χ3v) is 4.95. The van der Waals surface area contributed by atoms with Crippen LogP contribution in [0, 0.1) is 10.1 Å². The van der Waals surface area contributed by atoms with Crippen LogP contribution < -0.4 is 4.74 Å². The third-order valence-electron chi connectivity index (χ3n) is 4.64. The van der Waals surface area contributed by atoms with Gasteiger partial charge in [0.25, 0.3) is 11.6 Å². The summed E-state index contributed by atoms with van der Waals surface area (Å²) in [5.74, 6) is 0.411. The summed E-state index contributed by atoms with van der Waals surface area (Å²) in [6.45, 7) is 1.46. The molecule has 2 aromatic rings. The van der Waals surface area contributed by atoms with E-state index >= 15 is 0 Å². The Morgan fingerprint density at radius 2 is 2.18 bits per heavy atom. The predicted octanol–water partition coefficient (Wildman–Crippen LogP) is 4.08. The van der Waals surface area contributed by atoms with Crippen LogP contribution in [0.3, 0.4) is 0 Å². The summed E-state index contributed by atoms with van der Waals surface area (Å²) >= 11 is 6.18. The number of nitro benzene ring substituents is 1. The van der Waals surface area contributed by atoms with Crippen molar-refractivity contribution in [2.75, 3.05) is 20.3 Å². The van der Waals surface area contributed by atoms with E-state index in [0.29, 0.717) is 25.4 Å². The molecule has 0 radical (unpaired) electrons. The molecule has 0 aliphatic carbocycles. The van der Waals surface area contributed by atoms with E-state index in [1.54, 1.807) is 12.0 Å². The topological polar surface area (TPSA) is 81.9 Å². The Balaban J connectivity index is 1.86. The van der Waals surface area contributed by atoms with E-state index < -0.39 is 4.92 Å². The first kappa shape index (κ1) is 20.1. The van der Waals surface area contributed by atoms with Crippen LogP contribution in [0.4, 0.5) is 5.69 Å². The molecule has 1 amide bonds. The number of nitro groups is 1. The first-order valence-corrected chi connectivity index (χ1v) is 9.33. The van der Waals surface area contributed by atoms with Crippen LogP contribution in [0.1, 0.15) is 28.8 Å². The standard InChI is InChI=1S/C20H21ClN2O5/c1-27-16-5-2-4-14(10-16)12-22(13-17-6-3-9-28-17)20(24)18-8-7-15(23(25)26)11-19(18)21/h2,4-5,7-8,10-11,17H,3,6,9,12-13H2,1H3. The summed E-state index contributed by atoms with van der Waals surface area (Å²) in [5, 5.41) is 11.0. The van der Waals surface area contributed by atoms with Gasteiger partial charge in [-0.15, -0.1) is 0 Å². The Morgan fingerprint density at radius 3 is 2.82 bits per heavy atom. The lowest BCUT2D eigenvalue weighted by atomic mass is 10.1. The van der Waals surface area contributed by atoms with Gasteiger partial charge < -0.3 is 14.4 Å². The number of carbonyl (C=O) groups excluding carboxylic acids is 1. The number of hydrogen-bond donors (Lipinski definition) is 0. The molecule has 7 nitrogen and oxygen atoms in total. The van der Waals surface area contributed by atoms with E-state index in [1.807, 2.05) is 24.3 Å². The molecule has 1 aliphatic heterocycles. The smallest absolute Gasteiger partial charge is 0.270 e. The lowest BCUT2D eigenvalue weighted by Gasteiger charge is -2.26. The fourth-order valence-corrected chi connectivity index (χ4v) is 3.46. The summed E-state index contributed by atoms with van der Waals surface area (Å²) in [7, 11) is 1.59. The van der Waals surface area contributed by atoms with Crippen molar-refractivity contribution in [2.24, 2.45) is 0 Å². The normalized spacial score (nSPS) is 16.0. The second-order valence-electron chi connectivity index (χ2n) is 6.59. The van der Waals surface area contributed by atoms with E-state index in [1.165, 1.54) is 18.2 Å². The molecule has 0 aromatic heterocycles. The maximum Gasteiger partial charge on any atom is 0.270 e. The first-order valence-electron chi connectivity index (χ1n) is 8.95. The number of hydrogen-bond acceptors (Lipinski definition) is 5. The van der Waals surface area contributed by atoms with Gasteiger partial charge in [-0.25, -0.2) is 0 Å². The van der Waals surface area contributed by atoms with Gasteiger partial charge in [-0.3, -0.25) is 14.9 Å². The lowest BCUT2D eigenvalue weighted by molar-refractivity contribution is -0.384. The predicted molar refractivity (Wildman–Crippen MR) is 105 cm³/mol. The largest absolute Gasteiger partial charge is 0.497 e. The van der Waals surface area contributed by atoms with Gasteiger partial charge in [0.1, 0.15) is 5.75 Å². The highest BCUT2D eigenvalue weighted by atomic mass is 35.5. The Morgan fingerprint density at radius 1 is 1.36 bits per heavy atom. The minimum absolute atomic E-state index is 0.0358. The minimum atomic E-state index is -0.541. The van der Waals surface area contributed by atoms with Gasteiger partial charge in [0, 0.05) is 31.8 Å². The van der Waals surface area contributed by atoms with Gasteiger partial charge in [-0.2, -0.15) is 0 Å². The molecule has 0 saturated carbocycles. The van der Waals surface area contributed by atoms with Gasteiger partial charge in [0.05, 0.1) is 28.7 Å². The molecule has 1 unspecified atom stereocenters. The molecule has 1 heterocycles. The Labute approximate surface area is 168 Å². The quantitative estimate of drug-likeness (QED) is 0.513. The molecule has 1 saturated heterocycles. The molecular formula is C20H21ClN2O5. The number of ether oxygens (including phenoxy) is 2. The number of methoxy groups -OCH3 is 1. The number of rotatable bonds is 7. The third kappa shape index (κ3) is 4.79. The zero-order valence-corrected chi connectivity index (χ0v) is 16.2. The maximum atomic E-state index is 13.2. The van der Waals surface area contributed by atoms with Crippen LogP contribution in [0.5, 0.6) is 5.75 Å². The van der Waals surface area contributed by atoms with E-state index in [-0.39, 0.29) is 28.3 Å². The van der Waals surface area contributed by atoms with E-state index in [9.17, 15) is 14.9 Å². The van der Waals surface area contributed by atoms with Crippen LogP contribution in [-0.4, -0.2) is 42.1 Å². The van der Waals surface area contributed by atoms with E-state index in [4.69, 9.17) is 21.1 Å². The SMILES string of the molecule is COc1cccc(CN(CC2CCCO2)C(=O)c2ccc([N+](=O)[O-])cc2Cl)c1. The second-order valence-corrected chi connectivity index (χ2v) is 7.00. The number of carbonyl (C=O) groups is 1. The van der Waals surface area contributed by atoms with E-state index in [0.717, 1.165) is 18.4 Å². The lowest BCUT2D eigenvalue weighted by Crippen LogP contribution is -2.37. The summed E-state index contributed by atoms with van der Waals surface area (Å²) in [6.07, 6.45) is 1.81. The van der Waals surface area contributed by atoms with Crippen molar-refractivity contribution in [2.45, 2.75) is 25.5 Å². The van der Waals surface area contributed by atoms with Crippen molar-refractivity contribution in [3.05, 3.63) is 68.7 Å². The Kier molecular flexibility index (Phi) is 6.49. The zero-order valence-electron chi connectivity index (χ0n) is 15.5. The van der Waals surface area contributed by atoms with Gasteiger partial charge >= 0.3 is 0 Å². The highest BCUT2D eigenvalue weighted by Crippen LogP contribution is 2.26. The molecule has 8 heteroatoms. The molecule has 148 valence electrons. The Hall–Kier alpha value is -2.64. The first-order chi connectivity index (χ1) is 13.5. The second kappa shape index (κ2) is 9.03. The van der Waals surface area contributed by atoms with E-state index in [2.05, 4.69) is 0 Å². The summed E-state index contributed by atoms with van der Waals surface area (Å²) < 4.78 is 10.9. The van der Waals surface area contributed by atoms with Crippen molar-refractivity contribution in [1.29, 1.82) is 0 Å². The van der Waals surface area contributed by atoms with Crippen molar-refractivity contribution in [3.63, 3.8) is 0 Å². The van der Waals surface area contributed by atoms with Crippen molar-refractivity contribution >= 4 is 23.2 Å². The number of amides is 1. The van der Waals surface area contributed by atoms with Gasteiger partial charge in [-0.1, -0.05) is 23.7 Å². The molecule has 1 atom stereocenters. The molecule has 1 aliphatic rings. The van der Waals surface area contributed by atoms with Crippen LogP contribution in [-0.2, 0) is 11.3 Å². The number of nitrogens with zero attached hydrogens (tertiary/aromatic N) is 2. The van der Waals surface area contributed by atoms with Crippen molar-refractivity contribution in [1.82, 2.24) is 4.90 Å². The minimum Gasteiger partial charge on any atom is -0.497 e. The van der Waals surface area contributed by atoms with Gasteiger partial charge in [0.2, 0.25) is 0 Å². The number of benzene rings is 2. The summed E-state index contributed by atoms with van der Waals surface area (Å²) in [4.78, 5) is 25.2. The molecule has 3 rings (SSSR count). The number of halogens is 1. The highest BCUT2D eigenvalue weighted by molar-refractivity contribution is 6.34. The van der Waals surface area contributed by atoms with Crippen molar-refractivity contribution < 1.29 is 19.2 Å². The highest BCUT2D eigenvalue weighted by Gasteiger charge is 2.26. The zero-order chi connectivity index (χ0) is 20.1. The Bertz CT molecular complexity index is 867. The number of non-ortho nitro benzene ring substituents is 1. The molecule has 1 fully saturated rings. The molecule has 0 N–H and O–H groups in total. The molecule has 2 aromatic carbocycles. The van der Waals surface area contributed by atoms with Gasteiger partial charge in [-0.05, 0) is 36.6 Å². The summed E-state index contributed by atoms with van der Waals surface area (Å²) in [6, 6.07) is 11.4. The summed E-state index contributed by atoms with van der Waals surface area (Å²) in [5.41, 5.74) is 0.983. The molecule has 0 spiro atoms. The average Bonchev–Trinajstić information content (AvgIpc) is 3.20. The van der Waals surface area contributed by atoms with Gasteiger partial charge in [0.15, 0.2) is 0 Å². The maximum absolute atomic E-state index is 13.2. The van der Waals surface area contributed by atoms with Crippen LogP contribution in [0.25, 0.3) is 0 Å². The van der Waals surface area contributed by atoms with Crippen molar-refractivity contribution in [3.8, 4) is 5.75 Å². The average molecular weight is 405 g/mol. The monoisotopic (exact) mass is 404 g/mol. The van der Waals surface area contributed by atoms with Crippen LogP contribution >= 0.6 is 11.6 Å². The molecule has 0 bridgehead atoms. The molecular weight excluding hydrogens is 384 g/mol. The van der Waals surface area contributed by atoms with Crippen LogP contribution in [0.2, 0.25) is 5.02 Å². The molecule has 28 heavy (non-hydrogen) atoms. The fourth-order valence-electron chi connectivity index (χ4n) is 3.21. The fraction of sp³-hybridized carbons (Fsp3) is 0.350. The van der Waals surface area contributed by atoms with Crippen LogP contribution in [0.15, 0.2) is 42.5 Å².